The van der Waals surface area contributed by atoms with Gasteiger partial charge >= 0.3 is 0 Å². The Morgan fingerprint density at radius 1 is 1.41 bits per heavy atom. The molecular weight excluding hydrogens is 302 g/mol. The number of sulfonamides is 1. The molecule has 2 aliphatic rings. The van der Waals surface area contributed by atoms with E-state index in [4.69, 9.17) is 5.14 Å². The maximum Gasteiger partial charge on any atom is 0.241 e. The second-order valence-electron chi connectivity index (χ2n) is 5.93. The lowest BCUT2D eigenvalue weighted by Crippen LogP contribution is -2.40. The van der Waals surface area contributed by atoms with Crippen molar-refractivity contribution in [2.24, 2.45) is 5.14 Å². The minimum absolute atomic E-state index is 0.0795. The predicted molar refractivity (Wildman–Crippen MR) is 84.1 cm³/mol. The highest BCUT2D eigenvalue weighted by atomic mass is 32.2. The Balaban J connectivity index is 1.77. The third kappa shape index (κ3) is 3.02. The van der Waals surface area contributed by atoms with Crippen LogP contribution in [0.4, 0.5) is 5.69 Å². The van der Waals surface area contributed by atoms with Crippen molar-refractivity contribution in [3.8, 4) is 0 Å². The zero-order valence-corrected chi connectivity index (χ0v) is 13.5. The largest absolute Gasteiger partial charge is 0.311 e. The van der Waals surface area contributed by atoms with Crippen LogP contribution < -0.4 is 10.0 Å². The van der Waals surface area contributed by atoms with Crippen molar-refractivity contribution in [1.29, 1.82) is 0 Å². The summed E-state index contributed by atoms with van der Waals surface area (Å²) in [7, 11) is -3.70. The van der Waals surface area contributed by atoms with E-state index < -0.39 is 10.0 Å². The van der Waals surface area contributed by atoms with E-state index in [-0.39, 0.29) is 10.8 Å². The fourth-order valence-corrected chi connectivity index (χ4v) is 3.58. The normalized spacial score (nSPS) is 17.9. The van der Waals surface area contributed by atoms with E-state index in [1.165, 1.54) is 18.9 Å². The van der Waals surface area contributed by atoms with Crippen molar-refractivity contribution < 1.29 is 13.2 Å². The molecule has 1 aromatic rings. The van der Waals surface area contributed by atoms with Gasteiger partial charge in [0.25, 0.3) is 0 Å². The number of likely N-dealkylation sites (N-methyl/N-ethyl adjacent to an activating group) is 1. The third-order valence-electron chi connectivity index (χ3n) is 4.38. The minimum Gasteiger partial charge on any atom is -0.311 e. The van der Waals surface area contributed by atoms with Crippen LogP contribution in [0.5, 0.6) is 0 Å². The number of amides is 1. The van der Waals surface area contributed by atoms with Gasteiger partial charge in [0.15, 0.2) is 0 Å². The van der Waals surface area contributed by atoms with E-state index in [9.17, 15) is 13.2 Å². The summed E-state index contributed by atoms with van der Waals surface area (Å²) in [4.78, 5) is 16.6. The number of nitrogens with two attached hydrogens (primary N) is 1. The van der Waals surface area contributed by atoms with Crippen molar-refractivity contribution >= 4 is 21.6 Å². The van der Waals surface area contributed by atoms with Crippen molar-refractivity contribution in [1.82, 2.24) is 4.90 Å². The Hall–Kier alpha value is -1.44. The molecule has 1 saturated carbocycles. The number of benzene rings is 1. The fourth-order valence-electron chi connectivity index (χ4n) is 3.01. The molecule has 7 heteroatoms. The number of hydrogen-bond acceptors (Lipinski definition) is 4. The number of anilines is 1. The molecule has 1 aliphatic heterocycles. The van der Waals surface area contributed by atoms with Gasteiger partial charge in [0.2, 0.25) is 15.9 Å². The summed E-state index contributed by atoms with van der Waals surface area (Å²) in [5.74, 6) is 0.0795. The van der Waals surface area contributed by atoms with Gasteiger partial charge in [-0.15, -0.1) is 0 Å². The summed E-state index contributed by atoms with van der Waals surface area (Å²) in [5.41, 5.74) is 1.68. The van der Waals surface area contributed by atoms with Crippen LogP contribution in [0.3, 0.4) is 0 Å². The van der Waals surface area contributed by atoms with Crippen LogP contribution in [0.1, 0.15) is 25.3 Å². The lowest BCUT2D eigenvalue weighted by molar-refractivity contribution is -0.119. The van der Waals surface area contributed by atoms with Crippen LogP contribution in [0.2, 0.25) is 0 Å². The van der Waals surface area contributed by atoms with Gasteiger partial charge in [0, 0.05) is 18.3 Å². The molecule has 1 aliphatic carbocycles. The van der Waals surface area contributed by atoms with E-state index in [1.807, 2.05) is 0 Å². The standard InChI is InChI=1S/C15H21N3O3S/c1-2-17(12-3-4-12)10-15(19)18-8-7-11-9-13(22(16,20)21)5-6-14(11)18/h5-6,9,12H,2-4,7-8,10H2,1H3,(H2,16,20,21). The van der Waals surface area contributed by atoms with Crippen LogP contribution in [-0.2, 0) is 21.2 Å². The summed E-state index contributed by atoms with van der Waals surface area (Å²) < 4.78 is 22.8. The molecule has 0 unspecified atom stereocenters. The quantitative estimate of drug-likeness (QED) is 0.865. The molecule has 6 nitrogen and oxygen atoms in total. The second kappa shape index (κ2) is 5.64. The molecule has 1 amide bonds. The molecule has 1 heterocycles. The molecule has 2 N–H and O–H groups in total. The topological polar surface area (TPSA) is 83.7 Å². The highest BCUT2D eigenvalue weighted by Gasteiger charge is 2.32. The lowest BCUT2D eigenvalue weighted by Gasteiger charge is -2.24. The number of fused-ring (bicyclic) bond motifs is 1. The molecule has 1 fully saturated rings. The number of carbonyl (C=O) groups excluding carboxylic acids is 1. The summed E-state index contributed by atoms with van der Waals surface area (Å²) in [5, 5.41) is 5.15. The lowest BCUT2D eigenvalue weighted by atomic mass is 10.2. The molecule has 0 atom stereocenters. The van der Waals surface area contributed by atoms with Crippen LogP contribution in [0.25, 0.3) is 0 Å². The first-order chi connectivity index (χ1) is 10.4. The average Bonchev–Trinajstić information content (AvgIpc) is 3.21. The Bertz CT molecular complexity index is 698. The van der Waals surface area contributed by atoms with Crippen molar-refractivity contribution in [3.63, 3.8) is 0 Å². The monoisotopic (exact) mass is 323 g/mol. The predicted octanol–water partition coefficient (Wildman–Crippen LogP) is 0.707. The molecule has 0 aromatic heterocycles. The highest BCUT2D eigenvalue weighted by molar-refractivity contribution is 7.89. The number of carbonyl (C=O) groups is 1. The van der Waals surface area contributed by atoms with Gasteiger partial charge in [0.05, 0.1) is 11.4 Å². The van der Waals surface area contributed by atoms with Gasteiger partial charge in [-0.05, 0) is 49.6 Å². The number of primary sulfonamides is 1. The van der Waals surface area contributed by atoms with E-state index in [1.54, 1.807) is 17.0 Å². The number of rotatable bonds is 5. The zero-order valence-electron chi connectivity index (χ0n) is 12.7. The highest BCUT2D eigenvalue weighted by Crippen LogP contribution is 2.31. The van der Waals surface area contributed by atoms with E-state index >= 15 is 0 Å². The Kier molecular flexibility index (Phi) is 3.96. The van der Waals surface area contributed by atoms with Crippen molar-refractivity contribution in [2.45, 2.75) is 37.1 Å². The number of nitrogens with zero attached hydrogens (tertiary/aromatic N) is 2. The maximum absolute atomic E-state index is 12.5. The van der Waals surface area contributed by atoms with E-state index in [2.05, 4.69) is 11.8 Å². The molecular formula is C15H21N3O3S. The average molecular weight is 323 g/mol. The first kappa shape index (κ1) is 15.5. The molecule has 1 aromatic carbocycles. The minimum atomic E-state index is -3.70. The summed E-state index contributed by atoms with van der Waals surface area (Å²) >= 11 is 0. The summed E-state index contributed by atoms with van der Waals surface area (Å²) in [6, 6.07) is 5.29. The fraction of sp³-hybridized carbons (Fsp3) is 0.533. The van der Waals surface area contributed by atoms with Gasteiger partial charge in [-0.2, -0.15) is 0 Å². The molecule has 0 bridgehead atoms. The molecule has 3 rings (SSSR count). The SMILES string of the molecule is CCN(CC(=O)N1CCc2cc(S(N)(=O)=O)ccc21)C1CC1. The molecule has 120 valence electrons. The van der Waals surface area contributed by atoms with E-state index in [0.717, 1.165) is 17.8 Å². The molecule has 22 heavy (non-hydrogen) atoms. The zero-order chi connectivity index (χ0) is 15.9. The van der Waals surface area contributed by atoms with Gasteiger partial charge in [0.1, 0.15) is 0 Å². The van der Waals surface area contributed by atoms with Crippen LogP contribution in [0.15, 0.2) is 23.1 Å². The third-order valence-corrected chi connectivity index (χ3v) is 5.29. The second-order valence-corrected chi connectivity index (χ2v) is 7.49. The summed E-state index contributed by atoms with van der Waals surface area (Å²) in [6.07, 6.45) is 3.02. The first-order valence-corrected chi connectivity index (χ1v) is 9.15. The maximum atomic E-state index is 12.5. The van der Waals surface area contributed by atoms with E-state index in [0.29, 0.717) is 25.6 Å². The van der Waals surface area contributed by atoms with Gasteiger partial charge in [-0.1, -0.05) is 6.92 Å². The number of hydrogen-bond donors (Lipinski definition) is 1. The molecule has 0 saturated heterocycles. The Morgan fingerprint density at radius 3 is 2.73 bits per heavy atom. The van der Waals surface area contributed by atoms with Gasteiger partial charge < -0.3 is 4.90 Å². The van der Waals surface area contributed by atoms with Crippen molar-refractivity contribution in [3.05, 3.63) is 23.8 Å². The Morgan fingerprint density at radius 2 is 2.14 bits per heavy atom. The van der Waals surface area contributed by atoms with Gasteiger partial charge in [-0.25, -0.2) is 13.6 Å². The smallest absolute Gasteiger partial charge is 0.241 e. The van der Waals surface area contributed by atoms with Crippen molar-refractivity contribution in [2.75, 3.05) is 24.5 Å². The molecule has 0 radical (unpaired) electrons. The van der Waals surface area contributed by atoms with Crippen LogP contribution >= 0.6 is 0 Å². The van der Waals surface area contributed by atoms with Crippen LogP contribution in [-0.4, -0.2) is 44.9 Å². The van der Waals surface area contributed by atoms with Crippen LogP contribution in [0, 0.1) is 0 Å². The molecule has 0 spiro atoms. The summed E-state index contributed by atoms with van der Waals surface area (Å²) in [6.45, 7) is 3.98. The first-order valence-electron chi connectivity index (χ1n) is 7.60. The Labute approximate surface area is 130 Å². The van der Waals surface area contributed by atoms with Gasteiger partial charge in [-0.3, -0.25) is 9.69 Å².